The van der Waals surface area contributed by atoms with Gasteiger partial charge in [0.15, 0.2) is 6.61 Å². The van der Waals surface area contributed by atoms with Crippen LogP contribution in [0.5, 0.6) is 11.5 Å². The standard InChI is InChI=1S/C22H24ClN3O8/c1-12(2)20(25-21(28)13-5-7-15(23)17(9-13)26(30)31)22(29)34-11-19(27)24-16-10-14(32-3)6-8-18(16)33-4/h5-10,12,20H,11H2,1-4H3,(H,24,27)(H,25,28). The molecule has 1 unspecified atom stereocenters. The molecule has 0 aromatic heterocycles. The number of methoxy groups -OCH3 is 2. The molecule has 2 aromatic carbocycles. The molecule has 0 heterocycles. The number of carbonyl (C=O) groups is 3. The Balaban J connectivity index is 2.04. The Hall–Kier alpha value is -3.86. The fourth-order valence-corrected chi connectivity index (χ4v) is 3.03. The average Bonchev–Trinajstić information content (AvgIpc) is 2.80. The number of hydrogen-bond acceptors (Lipinski definition) is 8. The van der Waals surface area contributed by atoms with Crippen LogP contribution in [0.4, 0.5) is 11.4 Å². The quantitative estimate of drug-likeness (QED) is 0.291. The van der Waals surface area contributed by atoms with Crippen molar-refractivity contribution in [3.05, 3.63) is 57.1 Å². The largest absolute Gasteiger partial charge is 0.497 e. The predicted octanol–water partition coefficient (Wildman–Crippen LogP) is 3.20. The van der Waals surface area contributed by atoms with Gasteiger partial charge in [0.2, 0.25) is 0 Å². The number of anilines is 1. The molecule has 2 rings (SSSR count). The molecule has 0 bridgehead atoms. The van der Waals surface area contributed by atoms with Crippen LogP contribution in [0.25, 0.3) is 0 Å². The highest BCUT2D eigenvalue weighted by Crippen LogP contribution is 2.29. The molecule has 34 heavy (non-hydrogen) atoms. The molecule has 0 spiro atoms. The van der Waals surface area contributed by atoms with Gasteiger partial charge in [0.1, 0.15) is 22.6 Å². The second-order valence-corrected chi connectivity index (χ2v) is 7.75. The third-order valence-corrected chi connectivity index (χ3v) is 4.96. The van der Waals surface area contributed by atoms with Gasteiger partial charge in [0, 0.05) is 17.7 Å². The van der Waals surface area contributed by atoms with E-state index in [1.165, 1.54) is 26.4 Å². The first kappa shape index (κ1) is 26.4. The van der Waals surface area contributed by atoms with Crippen LogP contribution in [0.3, 0.4) is 0 Å². The van der Waals surface area contributed by atoms with Crippen molar-refractivity contribution in [2.75, 3.05) is 26.1 Å². The summed E-state index contributed by atoms with van der Waals surface area (Å²) in [5.74, 6) is -1.76. The normalized spacial score (nSPS) is 11.4. The molecular weight excluding hydrogens is 470 g/mol. The van der Waals surface area contributed by atoms with E-state index in [1.807, 2.05) is 0 Å². The van der Waals surface area contributed by atoms with Crippen LogP contribution in [-0.4, -0.2) is 49.6 Å². The first-order chi connectivity index (χ1) is 16.1. The molecule has 0 saturated carbocycles. The third-order valence-electron chi connectivity index (χ3n) is 4.64. The molecule has 2 amide bonds. The summed E-state index contributed by atoms with van der Waals surface area (Å²) in [5.41, 5.74) is -0.180. The summed E-state index contributed by atoms with van der Waals surface area (Å²) in [7, 11) is 2.90. The molecule has 0 saturated heterocycles. The zero-order valence-electron chi connectivity index (χ0n) is 18.9. The number of ether oxygens (including phenoxy) is 3. The minimum Gasteiger partial charge on any atom is -0.497 e. The average molecular weight is 494 g/mol. The maximum absolute atomic E-state index is 12.6. The van der Waals surface area contributed by atoms with Gasteiger partial charge in [0.05, 0.1) is 24.8 Å². The lowest BCUT2D eigenvalue weighted by atomic mass is 10.0. The van der Waals surface area contributed by atoms with Gasteiger partial charge in [-0.1, -0.05) is 25.4 Å². The lowest BCUT2D eigenvalue weighted by Gasteiger charge is -2.21. The molecule has 0 fully saturated rings. The van der Waals surface area contributed by atoms with E-state index in [9.17, 15) is 24.5 Å². The van der Waals surface area contributed by atoms with Gasteiger partial charge in [-0.05, 0) is 30.2 Å². The molecule has 11 nitrogen and oxygen atoms in total. The lowest BCUT2D eigenvalue weighted by Crippen LogP contribution is -2.46. The number of halogens is 1. The van der Waals surface area contributed by atoms with Crippen LogP contribution in [0.15, 0.2) is 36.4 Å². The van der Waals surface area contributed by atoms with Crippen molar-refractivity contribution in [2.24, 2.45) is 5.92 Å². The summed E-state index contributed by atoms with van der Waals surface area (Å²) < 4.78 is 15.4. The van der Waals surface area contributed by atoms with Gasteiger partial charge in [0.25, 0.3) is 17.5 Å². The van der Waals surface area contributed by atoms with Crippen molar-refractivity contribution in [3.8, 4) is 11.5 Å². The van der Waals surface area contributed by atoms with E-state index in [0.717, 1.165) is 6.07 Å². The third kappa shape index (κ3) is 6.82. The zero-order valence-corrected chi connectivity index (χ0v) is 19.7. The van der Waals surface area contributed by atoms with Crippen molar-refractivity contribution in [1.82, 2.24) is 5.32 Å². The second-order valence-electron chi connectivity index (χ2n) is 7.34. The van der Waals surface area contributed by atoms with E-state index in [1.54, 1.807) is 32.0 Å². The topological polar surface area (TPSA) is 146 Å². The van der Waals surface area contributed by atoms with Crippen molar-refractivity contribution in [2.45, 2.75) is 19.9 Å². The molecule has 1 atom stereocenters. The molecule has 182 valence electrons. The molecule has 0 aliphatic carbocycles. The SMILES string of the molecule is COc1ccc(OC)c(NC(=O)COC(=O)C(NC(=O)c2ccc(Cl)c([N+](=O)[O-])c2)C(C)C)c1. The number of amides is 2. The van der Waals surface area contributed by atoms with Crippen LogP contribution in [0, 0.1) is 16.0 Å². The predicted molar refractivity (Wildman–Crippen MR) is 123 cm³/mol. The summed E-state index contributed by atoms with van der Waals surface area (Å²) in [5, 5.41) is 16.0. The molecule has 0 aliphatic heterocycles. The first-order valence-electron chi connectivity index (χ1n) is 10.0. The summed E-state index contributed by atoms with van der Waals surface area (Å²) in [6.07, 6.45) is 0. The van der Waals surface area contributed by atoms with Crippen LogP contribution >= 0.6 is 11.6 Å². The van der Waals surface area contributed by atoms with Crippen molar-refractivity contribution >= 4 is 40.8 Å². The smallest absolute Gasteiger partial charge is 0.329 e. The lowest BCUT2D eigenvalue weighted by molar-refractivity contribution is -0.384. The maximum Gasteiger partial charge on any atom is 0.329 e. The fourth-order valence-electron chi connectivity index (χ4n) is 2.84. The Kier molecular flexibility index (Phi) is 9.19. The van der Waals surface area contributed by atoms with Gasteiger partial charge < -0.3 is 24.8 Å². The maximum atomic E-state index is 12.6. The van der Waals surface area contributed by atoms with E-state index < -0.39 is 47.0 Å². The van der Waals surface area contributed by atoms with Gasteiger partial charge in [-0.2, -0.15) is 0 Å². The van der Waals surface area contributed by atoms with E-state index in [4.69, 9.17) is 25.8 Å². The number of nitrogens with zero attached hydrogens (tertiary/aromatic N) is 1. The molecule has 2 N–H and O–H groups in total. The Morgan fingerprint density at radius 2 is 1.79 bits per heavy atom. The first-order valence-corrected chi connectivity index (χ1v) is 10.4. The Morgan fingerprint density at radius 3 is 2.38 bits per heavy atom. The van der Waals surface area contributed by atoms with E-state index in [-0.39, 0.29) is 10.6 Å². The monoisotopic (exact) mass is 493 g/mol. The highest BCUT2D eigenvalue weighted by molar-refractivity contribution is 6.32. The summed E-state index contributed by atoms with van der Waals surface area (Å²) in [6, 6.07) is 7.21. The van der Waals surface area contributed by atoms with Crippen molar-refractivity contribution in [3.63, 3.8) is 0 Å². The summed E-state index contributed by atoms with van der Waals surface area (Å²) >= 11 is 5.77. The summed E-state index contributed by atoms with van der Waals surface area (Å²) in [4.78, 5) is 47.8. The number of esters is 1. The van der Waals surface area contributed by atoms with E-state index in [2.05, 4.69) is 10.6 Å². The van der Waals surface area contributed by atoms with Gasteiger partial charge >= 0.3 is 5.97 Å². The van der Waals surface area contributed by atoms with Crippen molar-refractivity contribution in [1.29, 1.82) is 0 Å². The zero-order chi connectivity index (χ0) is 25.4. The number of nitro groups is 1. The Bertz CT molecular complexity index is 1090. The number of benzene rings is 2. The highest BCUT2D eigenvalue weighted by atomic mass is 35.5. The van der Waals surface area contributed by atoms with Crippen LogP contribution < -0.4 is 20.1 Å². The second kappa shape index (κ2) is 11.8. The van der Waals surface area contributed by atoms with Gasteiger partial charge in [-0.3, -0.25) is 19.7 Å². The fraction of sp³-hybridized carbons (Fsp3) is 0.318. The number of rotatable bonds is 10. The highest BCUT2D eigenvalue weighted by Gasteiger charge is 2.28. The molecule has 0 aliphatic rings. The minimum absolute atomic E-state index is 0.0580. The van der Waals surface area contributed by atoms with Crippen LogP contribution in [0.1, 0.15) is 24.2 Å². The van der Waals surface area contributed by atoms with Crippen molar-refractivity contribution < 1.29 is 33.5 Å². The summed E-state index contributed by atoms with van der Waals surface area (Å²) in [6.45, 7) is 2.71. The molecule has 12 heteroatoms. The molecular formula is C22H24ClN3O8. The van der Waals surface area contributed by atoms with E-state index in [0.29, 0.717) is 17.2 Å². The van der Waals surface area contributed by atoms with E-state index >= 15 is 0 Å². The van der Waals surface area contributed by atoms with Gasteiger partial charge in [-0.15, -0.1) is 0 Å². The molecule has 2 aromatic rings. The number of nitrogens with one attached hydrogen (secondary N) is 2. The van der Waals surface area contributed by atoms with Crippen LogP contribution in [-0.2, 0) is 14.3 Å². The van der Waals surface area contributed by atoms with Crippen LogP contribution in [0.2, 0.25) is 5.02 Å². The number of nitro benzene ring substituents is 1. The minimum atomic E-state index is -1.11. The Morgan fingerprint density at radius 1 is 1.09 bits per heavy atom. The Labute approximate surface area is 200 Å². The molecule has 0 radical (unpaired) electrons. The number of carbonyl (C=O) groups excluding carboxylic acids is 3. The van der Waals surface area contributed by atoms with Gasteiger partial charge in [-0.25, -0.2) is 4.79 Å². The number of hydrogen-bond donors (Lipinski definition) is 2.